The predicted octanol–water partition coefficient (Wildman–Crippen LogP) is 2.17. The van der Waals surface area contributed by atoms with Gasteiger partial charge in [0.2, 0.25) is 5.91 Å². The van der Waals surface area contributed by atoms with Crippen LogP contribution in [0.2, 0.25) is 0 Å². The first-order chi connectivity index (χ1) is 10.3. The zero-order valence-corrected chi connectivity index (χ0v) is 14.3. The largest absolute Gasteiger partial charge is 0.491 e. The quantitative estimate of drug-likeness (QED) is 0.741. The molecule has 1 heterocycles. The lowest BCUT2D eigenvalue weighted by Gasteiger charge is -2.22. The monoisotopic (exact) mass is 346 g/mol. The molecular weight excluding hydrogens is 324 g/mol. The van der Waals surface area contributed by atoms with Crippen molar-refractivity contribution in [2.24, 2.45) is 0 Å². The van der Waals surface area contributed by atoms with Crippen LogP contribution in [0, 0.1) is 0 Å². The van der Waals surface area contributed by atoms with Crippen LogP contribution in [-0.2, 0) is 9.53 Å². The van der Waals surface area contributed by atoms with E-state index in [9.17, 15) is 4.79 Å². The summed E-state index contributed by atoms with van der Waals surface area (Å²) in [5, 5.41) is 6.28. The molecule has 1 aromatic rings. The zero-order valence-electron chi connectivity index (χ0n) is 12.7. The Morgan fingerprint density at radius 3 is 3.05 bits per heavy atom. The second-order valence-electron chi connectivity index (χ2n) is 4.85. The first kappa shape index (κ1) is 19.1. The van der Waals surface area contributed by atoms with Gasteiger partial charge in [-0.2, -0.15) is 11.8 Å². The van der Waals surface area contributed by atoms with Crippen LogP contribution in [0.25, 0.3) is 0 Å². The van der Waals surface area contributed by atoms with E-state index in [-0.39, 0.29) is 24.4 Å². The highest BCUT2D eigenvalue weighted by atomic mass is 35.5. The number of hydrogen-bond donors (Lipinski definition) is 2. The number of benzene rings is 1. The Labute approximate surface area is 141 Å². The molecule has 0 aromatic heterocycles. The van der Waals surface area contributed by atoms with Crippen molar-refractivity contribution in [1.82, 2.24) is 5.32 Å². The van der Waals surface area contributed by atoms with Crippen LogP contribution in [0.5, 0.6) is 5.75 Å². The number of hydrogen-bond acceptors (Lipinski definition) is 5. The van der Waals surface area contributed by atoms with Gasteiger partial charge in [-0.25, -0.2) is 0 Å². The molecule has 1 aliphatic rings. The summed E-state index contributed by atoms with van der Waals surface area (Å²) in [6, 6.07) is 7.70. The van der Waals surface area contributed by atoms with E-state index in [1.54, 1.807) is 7.11 Å². The molecule has 124 valence electrons. The fourth-order valence-corrected chi connectivity index (χ4v) is 3.04. The van der Waals surface area contributed by atoms with Crippen molar-refractivity contribution >= 4 is 35.8 Å². The Bertz CT molecular complexity index is 456. The fraction of sp³-hybridized carbons (Fsp3) is 0.533. The number of carbonyl (C=O) groups is 1. The standard InChI is InChI=1S/C15H22N2O3S.ClH/c1-19-6-7-20-14-4-2-3-12(9-14)17-15(18)10-13-11-21-8-5-16-13;/h2-4,9,13,16H,5-8,10-11H2,1H3,(H,17,18);1H. The molecule has 1 saturated heterocycles. The summed E-state index contributed by atoms with van der Waals surface area (Å²) in [5.41, 5.74) is 0.762. The molecule has 1 amide bonds. The normalized spacial score (nSPS) is 17.4. The number of anilines is 1. The average Bonchev–Trinajstić information content (AvgIpc) is 2.49. The third kappa shape index (κ3) is 6.87. The van der Waals surface area contributed by atoms with Crippen molar-refractivity contribution in [2.45, 2.75) is 12.5 Å². The number of rotatable bonds is 7. The smallest absolute Gasteiger partial charge is 0.225 e. The summed E-state index contributed by atoms with van der Waals surface area (Å²) < 4.78 is 10.5. The molecule has 1 atom stereocenters. The second-order valence-corrected chi connectivity index (χ2v) is 6.00. The molecule has 2 rings (SSSR count). The van der Waals surface area contributed by atoms with Crippen LogP contribution in [0.4, 0.5) is 5.69 Å². The van der Waals surface area contributed by atoms with Gasteiger partial charge in [0.1, 0.15) is 12.4 Å². The van der Waals surface area contributed by atoms with E-state index in [2.05, 4.69) is 10.6 Å². The molecule has 0 spiro atoms. The van der Waals surface area contributed by atoms with Crippen molar-refractivity contribution in [3.05, 3.63) is 24.3 Å². The molecule has 5 nitrogen and oxygen atoms in total. The molecule has 2 N–H and O–H groups in total. The average molecular weight is 347 g/mol. The van der Waals surface area contributed by atoms with Crippen molar-refractivity contribution in [3.8, 4) is 5.75 Å². The van der Waals surface area contributed by atoms with Crippen LogP contribution in [0.1, 0.15) is 6.42 Å². The van der Waals surface area contributed by atoms with E-state index in [0.717, 1.165) is 29.5 Å². The van der Waals surface area contributed by atoms with E-state index in [1.165, 1.54) is 0 Å². The van der Waals surface area contributed by atoms with Gasteiger partial charge in [-0.1, -0.05) is 6.07 Å². The van der Waals surface area contributed by atoms with Gasteiger partial charge in [0.25, 0.3) is 0 Å². The molecule has 1 aliphatic heterocycles. The van der Waals surface area contributed by atoms with Gasteiger partial charge in [0, 0.05) is 49.4 Å². The van der Waals surface area contributed by atoms with Gasteiger partial charge in [-0.15, -0.1) is 12.4 Å². The van der Waals surface area contributed by atoms with Crippen molar-refractivity contribution in [2.75, 3.05) is 43.7 Å². The first-order valence-corrected chi connectivity index (χ1v) is 8.26. The van der Waals surface area contributed by atoms with E-state index in [4.69, 9.17) is 9.47 Å². The first-order valence-electron chi connectivity index (χ1n) is 7.10. The number of amides is 1. The number of nitrogens with one attached hydrogen (secondary N) is 2. The van der Waals surface area contributed by atoms with Crippen LogP contribution in [0.3, 0.4) is 0 Å². The van der Waals surface area contributed by atoms with Crippen molar-refractivity contribution < 1.29 is 14.3 Å². The van der Waals surface area contributed by atoms with Crippen molar-refractivity contribution in [1.29, 1.82) is 0 Å². The Morgan fingerprint density at radius 1 is 1.45 bits per heavy atom. The van der Waals surface area contributed by atoms with Crippen LogP contribution < -0.4 is 15.4 Å². The SMILES string of the molecule is COCCOc1cccc(NC(=O)CC2CSCCN2)c1.Cl. The summed E-state index contributed by atoms with van der Waals surface area (Å²) in [4.78, 5) is 12.0. The van der Waals surface area contributed by atoms with Gasteiger partial charge in [0.05, 0.1) is 6.61 Å². The van der Waals surface area contributed by atoms with E-state index < -0.39 is 0 Å². The van der Waals surface area contributed by atoms with Crippen LogP contribution >= 0.6 is 24.2 Å². The maximum Gasteiger partial charge on any atom is 0.225 e. The predicted molar refractivity (Wildman–Crippen MR) is 93.4 cm³/mol. The van der Waals surface area contributed by atoms with Crippen LogP contribution in [-0.4, -0.2) is 50.3 Å². The van der Waals surface area contributed by atoms with Gasteiger partial charge in [0.15, 0.2) is 0 Å². The van der Waals surface area contributed by atoms with E-state index in [0.29, 0.717) is 19.6 Å². The van der Waals surface area contributed by atoms with Gasteiger partial charge in [-0.3, -0.25) is 4.79 Å². The molecule has 1 unspecified atom stereocenters. The van der Waals surface area contributed by atoms with Gasteiger partial charge < -0.3 is 20.1 Å². The molecule has 7 heteroatoms. The van der Waals surface area contributed by atoms with E-state index in [1.807, 2.05) is 36.0 Å². The molecule has 0 saturated carbocycles. The maximum atomic E-state index is 12.0. The second kappa shape index (κ2) is 10.7. The Kier molecular flexibility index (Phi) is 9.31. The molecular formula is C15H23ClN2O3S. The number of ether oxygens (including phenoxy) is 2. The molecule has 22 heavy (non-hydrogen) atoms. The molecule has 1 fully saturated rings. The third-order valence-corrected chi connectivity index (χ3v) is 4.24. The van der Waals surface area contributed by atoms with Gasteiger partial charge in [-0.05, 0) is 12.1 Å². The summed E-state index contributed by atoms with van der Waals surface area (Å²) >= 11 is 1.89. The summed E-state index contributed by atoms with van der Waals surface area (Å²) in [6.07, 6.45) is 0.502. The molecule has 1 aromatic carbocycles. The number of methoxy groups -OCH3 is 1. The lowest BCUT2D eigenvalue weighted by atomic mass is 10.2. The lowest BCUT2D eigenvalue weighted by Crippen LogP contribution is -2.39. The highest BCUT2D eigenvalue weighted by molar-refractivity contribution is 7.99. The highest BCUT2D eigenvalue weighted by Gasteiger charge is 2.16. The zero-order chi connectivity index (χ0) is 14.9. The highest BCUT2D eigenvalue weighted by Crippen LogP contribution is 2.18. The lowest BCUT2D eigenvalue weighted by molar-refractivity contribution is -0.116. The number of carbonyl (C=O) groups excluding carboxylic acids is 1. The van der Waals surface area contributed by atoms with Crippen molar-refractivity contribution in [3.63, 3.8) is 0 Å². The van der Waals surface area contributed by atoms with Gasteiger partial charge >= 0.3 is 0 Å². The molecule has 0 aliphatic carbocycles. The maximum absolute atomic E-state index is 12.0. The number of thioether (sulfide) groups is 1. The fourth-order valence-electron chi connectivity index (χ4n) is 2.09. The Hall–Kier alpha value is -0.950. The Balaban J connectivity index is 0.00000242. The molecule has 0 bridgehead atoms. The summed E-state index contributed by atoms with van der Waals surface area (Å²) in [7, 11) is 1.64. The minimum absolute atomic E-state index is 0. The third-order valence-electron chi connectivity index (χ3n) is 3.10. The van der Waals surface area contributed by atoms with E-state index >= 15 is 0 Å². The Morgan fingerprint density at radius 2 is 2.32 bits per heavy atom. The summed E-state index contributed by atoms with van der Waals surface area (Å²) in [6.45, 7) is 2.02. The van der Waals surface area contributed by atoms with Crippen LogP contribution in [0.15, 0.2) is 24.3 Å². The minimum atomic E-state index is 0. The topological polar surface area (TPSA) is 59.6 Å². The number of halogens is 1. The molecule has 0 radical (unpaired) electrons. The minimum Gasteiger partial charge on any atom is -0.491 e. The summed E-state index contributed by atoms with van der Waals surface area (Å²) in [5.74, 6) is 2.88.